The molecule has 110 valence electrons. The number of ether oxygens (including phenoxy) is 1. The zero-order valence-corrected chi connectivity index (χ0v) is 12.4. The van der Waals surface area contributed by atoms with Crippen LogP contribution in [0.15, 0.2) is 18.2 Å². The molecule has 0 saturated carbocycles. The normalized spacial score (nSPS) is 10.2. The summed E-state index contributed by atoms with van der Waals surface area (Å²) in [5, 5.41) is 5.21. The highest BCUT2D eigenvalue weighted by atomic mass is 16.5. The summed E-state index contributed by atoms with van der Waals surface area (Å²) < 4.78 is 5.45. The Labute approximate surface area is 119 Å². The number of aryl methyl sites for hydroxylation is 1. The Hall–Kier alpha value is -2.04. The van der Waals surface area contributed by atoms with E-state index in [1.807, 2.05) is 45.9 Å². The predicted molar refractivity (Wildman–Crippen MR) is 77.7 cm³/mol. The van der Waals surface area contributed by atoms with Crippen LogP contribution in [0, 0.1) is 13.8 Å². The summed E-state index contributed by atoms with van der Waals surface area (Å²) in [5.41, 5.74) is 2.12. The number of hydrogen-bond acceptors (Lipinski definition) is 3. The number of carbonyl (C=O) groups excluding carboxylic acids is 2. The molecule has 1 aromatic rings. The number of rotatable bonds is 6. The lowest BCUT2D eigenvalue weighted by Gasteiger charge is -2.11. The van der Waals surface area contributed by atoms with E-state index in [9.17, 15) is 9.59 Å². The van der Waals surface area contributed by atoms with Crippen LogP contribution in [0.25, 0.3) is 0 Å². The lowest BCUT2D eigenvalue weighted by Crippen LogP contribution is -2.41. The Morgan fingerprint density at radius 3 is 2.55 bits per heavy atom. The molecule has 0 aliphatic rings. The fraction of sp³-hybridized carbons (Fsp3) is 0.467. The Bertz CT molecular complexity index is 484. The molecule has 0 heterocycles. The summed E-state index contributed by atoms with van der Waals surface area (Å²) in [6.45, 7) is 7.52. The van der Waals surface area contributed by atoms with E-state index < -0.39 is 0 Å². The summed E-state index contributed by atoms with van der Waals surface area (Å²) in [7, 11) is 0. The Kier molecular flexibility index (Phi) is 6.03. The van der Waals surface area contributed by atoms with Gasteiger partial charge in [-0.25, -0.2) is 0 Å². The van der Waals surface area contributed by atoms with E-state index in [0.717, 1.165) is 11.1 Å². The molecule has 0 bridgehead atoms. The average molecular weight is 278 g/mol. The summed E-state index contributed by atoms with van der Waals surface area (Å²) >= 11 is 0. The van der Waals surface area contributed by atoms with Crippen LogP contribution in [-0.4, -0.2) is 31.0 Å². The van der Waals surface area contributed by atoms with Gasteiger partial charge in [-0.1, -0.05) is 12.1 Å². The van der Waals surface area contributed by atoms with E-state index in [1.54, 1.807) is 0 Å². The van der Waals surface area contributed by atoms with Crippen molar-refractivity contribution in [3.05, 3.63) is 29.3 Å². The first-order valence-electron chi connectivity index (χ1n) is 6.65. The quantitative estimate of drug-likeness (QED) is 0.824. The van der Waals surface area contributed by atoms with Gasteiger partial charge in [0.1, 0.15) is 5.75 Å². The molecule has 20 heavy (non-hydrogen) atoms. The summed E-state index contributed by atoms with van der Waals surface area (Å²) in [6, 6.07) is 5.75. The van der Waals surface area contributed by atoms with Crippen molar-refractivity contribution in [2.45, 2.75) is 33.7 Å². The third-order valence-electron chi connectivity index (χ3n) is 2.81. The average Bonchev–Trinajstić information content (AvgIpc) is 2.37. The Balaban J connectivity index is 2.37. The predicted octanol–water partition coefficient (Wildman–Crippen LogP) is 1.32. The molecule has 0 radical (unpaired) electrons. The highest BCUT2D eigenvalue weighted by Crippen LogP contribution is 2.20. The smallest absolute Gasteiger partial charge is 0.258 e. The van der Waals surface area contributed by atoms with Gasteiger partial charge in [-0.3, -0.25) is 9.59 Å². The molecule has 0 saturated heterocycles. The molecule has 0 spiro atoms. The fourth-order valence-electron chi connectivity index (χ4n) is 1.63. The maximum atomic E-state index is 11.6. The van der Waals surface area contributed by atoms with Gasteiger partial charge >= 0.3 is 0 Å². The molecule has 1 rings (SSSR count). The van der Waals surface area contributed by atoms with Crippen molar-refractivity contribution in [2.24, 2.45) is 0 Å². The summed E-state index contributed by atoms with van der Waals surface area (Å²) in [5.74, 6) is 0.164. The van der Waals surface area contributed by atoms with Crippen LogP contribution in [0.2, 0.25) is 0 Å². The second kappa shape index (κ2) is 7.53. The number of nitrogens with one attached hydrogen (secondary N) is 2. The van der Waals surface area contributed by atoms with Gasteiger partial charge < -0.3 is 15.4 Å². The summed E-state index contributed by atoms with van der Waals surface area (Å²) in [4.78, 5) is 23.0. The summed E-state index contributed by atoms with van der Waals surface area (Å²) in [6.07, 6.45) is 0. The molecule has 2 amide bonds. The maximum Gasteiger partial charge on any atom is 0.258 e. The molecule has 0 unspecified atom stereocenters. The Morgan fingerprint density at radius 2 is 1.90 bits per heavy atom. The van der Waals surface area contributed by atoms with E-state index in [0.29, 0.717) is 5.75 Å². The molecule has 5 nitrogen and oxygen atoms in total. The third kappa shape index (κ3) is 5.30. The van der Waals surface area contributed by atoms with Gasteiger partial charge in [0, 0.05) is 6.04 Å². The van der Waals surface area contributed by atoms with Gasteiger partial charge in [0.05, 0.1) is 6.54 Å². The van der Waals surface area contributed by atoms with Gasteiger partial charge in [-0.05, 0) is 44.9 Å². The second-order valence-corrected chi connectivity index (χ2v) is 4.99. The first-order chi connectivity index (χ1) is 9.40. The molecule has 1 aromatic carbocycles. The van der Waals surface area contributed by atoms with Crippen molar-refractivity contribution in [1.82, 2.24) is 10.6 Å². The molecule has 0 aromatic heterocycles. The van der Waals surface area contributed by atoms with Crippen molar-refractivity contribution in [1.29, 1.82) is 0 Å². The maximum absolute atomic E-state index is 11.6. The van der Waals surface area contributed by atoms with Crippen molar-refractivity contribution in [3.8, 4) is 5.75 Å². The van der Waals surface area contributed by atoms with Crippen LogP contribution >= 0.6 is 0 Å². The highest BCUT2D eigenvalue weighted by molar-refractivity contribution is 5.85. The largest absolute Gasteiger partial charge is 0.483 e. The van der Waals surface area contributed by atoms with E-state index in [-0.39, 0.29) is 31.0 Å². The number of carbonyl (C=O) groups is 2. The zero-order valence-electron chi connectivity index (χ0n) is 12.4. The molecule has 0 aliphatic heterocycles. The molecule has 2 N–H and O–H groups in total. The molecule has 0 aliphatic carbocycles. The molecule has 0 fully saturated rings. The molecule has 5 heteroatoms. The number of amides is 2. The third-order valence-corrected chi connectivity index (χ3v) is 2.81. The van der Waals surface area contributed by atoms with Gasteiger partial charge in [-0.2, -0.15) is 0 Å². The standard InChI is InChI=1S/C15H22N2O3/c1-10(2)17-14(18)8-16-15(19)9-20-13-7-5-6-11(3)12(13)4/h5-7,10H,8-9H2,1-4H3,(H,16,19)(H,17,18). The van der Waals surface area contributed by atoms with E-state index in [2.05, 4.69) is 10.6 Å². The van der Waals surface area contributed by atoms with Crippen molar-refractivity contribution >= 4 is 11.8 Å². The SMILES string of the molecule is Cc1cccc(OCC(=O)NCC(=O)NC(C)C)c1C. The minimum absolute atomic E-state index is 0.0346. The first-order valence-corrected chi connectivity index (χ1v) is 6.65. The zero-order chi connectivity index (χ0) is 15.1. The Morgan fingerprint density at radius 1 is 1.20 bits per heavy atom. The van der Waals surface area contributed by atoms with E-state index in [4.69, 9.17) is 4.74 Å². The first kappa shape index (κ1) is 16.0. The molecular weight excluding hydrogens is 256 g/mol. The minimum atomic E-state index is -0.315. The van der Waals surface area contributed by atoms with Crippen molar-refractivity contribution in [3.63, 3.8) is 0 Å². The molecule has 0 atom stereocenters. The van der Waals surface area contributed by atoms with Crippen molar-refractivity contribution in [2.75, 3.05) is 13.2 Å². The lowest BCUT2D eigenvalue weighted by atomic mass is 10.1. The minimum Gasteiger partial charge on any atom is -0.483 e. The van der Waals surface area contributed by atoms with Gasteiger partial charge in [0.2, 0.25) is 5.91 Å². The van der Waals surface area contributed by atoms with Crippen LogP contribution in [0.4, 0.5) is 0 Å². The van der Waals surface area contributed by atoms with Gasteiger partial charge in [0.25, 0.3) is 5.91 Å². The highest BCUT2D eigenvalue weighted by Gasteiger charge is 2.08. The second-order valence-electron chi connectivity index (χ2n) is 4.99. The molecular formula is C15H22N2O3. The van der Waals surface area contributed by atoms with Crippen molar-refractivity contribution < 1.29 is 14.3 Å². The van der Waals surface area contributed by atoms with Crippen LogP contribution in [0.5, 0.6) is 5.75 Å². The van der Waals surface area contributed by atoms with Crippen LogP contribution < -0.4 is 15.4 Å². The fourth-order valence-corrected chi connectivity index (χ4v) is 1.63. The lowest BCUT2D eigenvalue weighted by molar-refractivity contribution is -0.127. The van der Waals surface area contributed by atoms with E-state index >= 15 is 0 Å². The van der Waals surface area contributed by atoms with Crippen LogP contribution in [0.1, 0.15) is 25.0 Å². The number of benzene rings is 1. The van der Waals surface area contributed by atoms with Crippen LogP contribution in [-0.2, 0) is 9.59 Å². The van der Waals surface area contributed by atoms with Gasteiger partial charge in [-0.15, -0.1) is 0 Å². The topological polar surface area (TPSA) is 67.4 Å². The monoisotopic (exact) mass is 278 g/mol. The van der Waals surface area contributed by atoms with Gasteiger partial charge in [0.15, 0.2) is 6.61 Å². The number of hydrogen-bond donors (Lipinski definition) is 2. The van der Waals surface area contributed by atoms with E-state index in [1.165, 1.54) is 0 Å². The van der Waals surface area contributed by atoms with Crippen LogP contribution in [0.3, 0.4) is 0 Å².